The summed E-state index contributed by atoms with van der Waals surface area (Å²) in [7, 11) is 0. The van der Waals surface area contributed by atoms with Crippen LogP contribution in [-0.2, 0) is 17.8 Å². The van der Waals surface area contributed by atoms with Gasteiger partial charge in [-0.05, 0) is 47.7 Å². The van der Waals surface area contributed by atoms with Gasteiger partial charge in [0.05, 0.1) is 0 Å². The highest BCUT2D eigenvalue weighted by Crippen LogP contribution is 2.25. The molecule has 110 valence electrons. The zero-order chi connectivity index (χ0) is 14.7. The molecule has 2 aromatic rings. The Morgan fingerprint density at radius 3 is 2.90 bits per heavy atom. The standard InChI is InChI=1S/C16H16FNOS2/c17-13-1-3-14(4-2-13)20-10-7-16(19)18-8-5-15-12(11-18)6-9-21-15/h1-4,6,9H,5,7-8,10-11H2. The summed E-state index contributed by atoms with van der Waals surface area (Å²) in [4.78, 5) is 16.6. The maximum Gasteiger partial charge on any atom is 0.223 e. The van der Waals surface area contributed by atoms with Crippen molar-refractivity contribution in [3.63, 3.8) is 0 Å². The topological polar surface area (TPSA) is 20.3 Å². The fraction of sp³-hybridized carbons (Fsp3) is 0.312. The molecule has 0 spiro atoms. The van der Waals surface area contributed by atoms with Crippen LogP contribution in [0.25, 0.3) is 0 Å². The zero-order valence-corrected chi connectivity index (χ0v) is 13.2. The molecular formula is C16H16FNOS2. The third-order valence-corrected chi connectivity index (χ3v) is 5.60. The van der Waals surface area contributed by atoms with Crippen molar-refractivity contribution < 1.29 is 9.18 Å². The van der Waals surface area contributed by atoms with E-state index in [1.54, 1.807) is 35.2 Å². The van der Waals surface area contributed by atoms with E-state index in [0.717, 1.165) is 30.2 Å². The predicted octanol–water partition coefficient (Wildman–Crippen LogP) is 3.95. The summed E-state index contributed by atoms with van der Waals surface area (Å²) in [5.41, 5.74) is 1.30. The number of amides is 1. The number of fused-ring (bicyclic) bond motifs is 1. The van der Waals surface area contributed by atoms with Crippen molar-refractivity contribution in [3.05, 3.63) is 52.0 Å². The predicted molar refractivity (Wildman–Crippen MR) is 85.2 cm³/mol. The summed E-state index contributed by atoms with van der Waals surface area (Å²) >= 11 is 3.38. The second-order valence-corrected chi connectivity index (χ2v) is 7.16. The van der Waals surface area contributed by atoms with Crippen LogP contribution in [0.1, 0.15) is 16.9 Å². The molecule has 2 heterocycles. The molecule has 1 aliphatic heterocycles. The quantitative estimate of drug-likeness (QED) is 0.795. The summed E-state index contributed by atoms with van der Waals surface area (Å²) < 4.78 is 12.8. The lowest BCUT2D eigenvalue weighted by Crippen LogP contribution is -2.35. The van der Waals surface area contributed by atoms with Gasteiger partial charge in [-0.25, -0.2) is 4.39 Å². The first kappa shape index (κ1) is 14.6. The average Bonchev–Trinajstić information content (AvgIpc) is 2.96. The third-order valence-electron chi connectivity index (χ3n) is 3.56. The highest BCUT2D eigenvalue weighted by molar-refractivity contribution is 7.99. The number of thiophene rings is 1. The Kier molecular flexibility index (Phi) is 4.60. The Balaban J connectivity index is 1.48. The monoisotopic (exact) mass is 321 g/mol. The summed E-state index contributed by atoms with van der Waals surface area (Å²) in [6, 6.07) is 8.53. The van der Waals surface area contributed by atoms with Crippen molar-refractivity contribution in [3.8, 4) is 0 Å². The highest BCUT2D eigenvalue weighted by Gasteiger charge is 2.20. The highest BCUT2D eigenvalue weighted by atomic mass is 32.2. The van der Waals surface area contributed by atoms with Crippen molar-refractivity contribution in [2.45, 2.75) is 24.3 Å². The molecule has 1 aromatic carbocycles. The largest absolute Gasteiger partial charge is 0.338 e. The van der Waals surface area contributed by atoms with Crippen LogP contribution in [0.5, 0.6) is 0 Å². The summed E-state index contributed by atoms with van der Waals surface area (Å²) in [5, 5.41) is 2.10. The second kappa shape index (κ2) is 6.62. The molecule has 2 nitrogen and oxygen atoms in total. The number of thioether (sulfide) groups is 1. The number of carbonyl (C=O) groups excluding carboxylic acids is 1. The van der Waals surface area contributed by atoms with Crippen molar-refractivity contribution in [1.29, 1.82) is 0 Å². The van der Waals surface area contributed by atoms with Crippen molar-refractivity contribution >= 4 is 29.0 Å². The Morgan fingerprint density at radius 1 is 1.29 bits per heavy atom. The van der Waals surface area contributed by atoms with E-state index in [1.165, 1.54) is 22.6 Å². The fourth-order valence-electron chi connectivity index (χ4n) is 2.41. The Hall–Kier alpha value is -1.33. The summed E-state index contributed by atoms with van der Waals surface area (Å²) in [6.45, 7) is 1.58. The van der Waals surface area contributed by atoms with Gasteiger partial charge in [-0.15, -0.1) is 23.1 Å². The lowest BCUT2D eigenvalue weighted by atomic mass is 10.1. The molecule has 0 N–H and O–H groups in total. The number of halogens is 1. The van der Waals surface area contributed by atoms with Gasteiger partial charge in [0.1, 0.15) is 5.82 Å². The van der Waals surface area contributed by atoms with E-state index in [9.17, 15) is 9.18 Å². The van der Waals surface area contributed by atoms with E-state index in [1.807, 2.05) is 4.90 Å². The number of carbonyl (C=O) groups is 1. The molecule has 1 aromatic heterocycles. The Morgan fingerprint density at radius 2 is 2.10 bits per heavy atom. The van der Waals surface area contributed by atoms with Crippen LogP contribution in [0, 0.1) is 5.82 Å². The molecule has 3 rings (SSSR count). The smallest absolute Gasteiger partial charge is 0.223 e. The first-order valence-corrected chi connectivity index (χ1v) is 8.80. The molecule has 0 saturated carbocycles. The van der Waals surface area contributed by atoms with E-state index in [-0.39, 0.29) is 11.7 Å². The van der Waals surface area contributed by atoms with Crippen LogP contribution in [0.3, 0.4) is 0 Å². The lowest BCUT2D eigenvalue weighted by Gasteiger charge is -2.27. The van der Waals surface area contributed by atoms with Gasteiger partial charge in [0.2, 0.25) is 5.91 Å². The molecule has 1 amide bonds. The maximum atomic E-state index is 12.8. The minimum Gasteiger partial charge on any atom is -0.338 e. The number of nitrogens with zero attached hydrogens (tertiary/aromatic N) is 1. The van der Waals surface area contributed by atoms with Crippen LogP contribution >= 0.6 is 23.1 Å². The van der Waals surface area contributed by atoms with Gasteiger partial charge >= 0.3 is 0 Å². The van der Waals surface area contributed by atoms with Crippen LogP contribution in [0.15, 0.2) is 40.6 Å². The molecule has 0 unspecified atom stereocenters. The number of hydrogen-bond acceptors (Lipinski definition) is 3. The first-order valence-electron chi connectivity index (χ1n) is 6.94. The first-order chi connectivity index (χ1) is 10.2. The van der Waals surface area contributed by atoms with E-state index in [2.05, 4.69) is 11.4 Å². The summed E-state index contributed by atoms with van der Waals surface area (Å²) in [5.74, 6) is 0.717. The Bertz CT molecular complexity index is 623. The SMILES string of the molecule is O=C(CCSc1ccc(F)cc1)N1CCc2sccc2C1. The van der Waals surface area contributed by atoms with Crippen molar-refractivity contribution in [2.24, 2.45) is 0 Å². The van der Waals surface area contributed by atoms with Crippen molar-refractivity contribution in [1.82, 2.24) is 4.90 Å². The fourth-order valence-corrected chi connectivity index (χ4v) is 4.14. The molecule has 21 heavy (non-hydrogen) atoms. The summed E-state index contributed by atoms with van der Waals surface area (Å²) in [6.07, 6.45) is 1.51. The molecule has 0 radical (unpaired) electrons. The number of benzene rings is 1. The van der Waals surface area contributed by atoms with Crippen LogP contribution in [-0.4, -0.2) is 23.1 Å². The van der Waals surface area contributed by atoms with Gasteiger partial charge in [0.25, 0.3) is 0 Å². The van der Waals surface area contributed by atoms with Gasteiger partial charge in [-0.1, -0.05) is 0 Å². The molecule has 0 bridgehead atoms. The molecule has 0 aliphatic carbocycles. The zero-order valence-electron chi connectivity index (χ0n) is 11.5. The molecule has 0 fully saturated rings. The Labute approximate surface area is 132 Å². The molecule has 5 heteroatoms. The third kappa shape index (κ3) is 3.66. The van der Waals surface area contributed by atoms with Gasteiger partial charge < -0.3 is 4.90 Å². The van der Waals surface area contributed by atoms with E-state index < -0.39 is 0 Å². The van der Waals surface area contributed by atoms with Gasteiger partial charge in [0, 0.05) is 35.0 Å². The molecule has 1 aliphatic rings. The minimum absolute atomic E-state index is 0.210. The van der Waals surface area contributed by atoms with E-state index in [0.29, 0.717) is 6.42 Å². The molecule has 0 atom stereocenters. The van der Waals surface area contributed by atoms with Gasteiger partial charge in [-0.2, -0.15) is 0 Å². The van der Waals surface area contributed by atoms with Gasteiger partial charge in [-0.3, -0.25) is 4.79 Å². The van der Waals surface area contributed by atoms with Gasteiger partial charge in [0.15, 0.2) is 0 Å². The van der Waals surface area contributed by atoms with E-state index in [4.69, 9.17) is 0 Å². The molecular weight excluding hydrogens is 305 g/mol. The minimum atomic E-state index is -0.227. The number of rotatable bonds is 4. The average molecular weight is 321 g/mol. The molecule has 0 saturated heterocycles. The lowest BCUT2D eigenvalue weighted by molar-refractivity contribution is -0.131. The van der Waals surface area contributed by atoms with Crippen LogP contribution < -0.4 is 0 Å². The van der Waals surface area contributed by atoms with Crippen molar-refractivity contribution in [2.75, 3.05) is 12.3 Å². The maximum absolute atomic E-state index is 12.8. The van der Waals surface area contributed by atoms with Crippen LogP contribution in [0.2, 0.25) is 0 Å². The second-order valence-electron chi connectivity index (χ2n) is 4.99. The number of hydrogen-bond donors (Lipinski definition) is 0. The van der Waals surface area contributed by atoms with E-state index >= 15 is 0 Å². The van der Waals surface area contributed by atoms with Crippen LogP contribution in [0.4, 0.5) is 4.39 Å². The normalized spacial score (nSPS) is 14.0.